The normalized spacial score (nSPS) is 17.2. The third-order valence-electron chi connectivity index (χ3n) is 7.00. The number of amides is 1. The van der Waals surface area contributed by atoms with E-state index < -0.39 is 0 Å². The van der Waals surface area contributed by atoms with Gasteiger partial charge in [0.2, 0.25) is 0 Å². The summed E-state index contributed by atoms with van der Waals surface area (Å²) in [7, 11) is 0. The molecule has 206 valence electrons. The summed E-state index contributed by atoms with van der Waals surface area (Å²) in [5.41, 5.74) is 0.714. The van der Waals surface area contributed by atoms with Crippen LogP contribution in [-0.2, 0) is 4.74 Å². The van der Waals surface area contributed by atoms with Gasteiger partial charge in [-0.3, -0.25) is 4.79 Å². The quantitative estimate of drug-likeness (QED) is 0.0811. The number of epoxide rings is 1. The second-order valence-corrected chi connectivity index (χ2v) is 10.6. The van der Waals surface area contributed by atoms with Crippen molar-refractivity contribution in [1.82, 2.24) is 4.90 Å². The molecule has 0 aliphatic carbocycles. The molecule has 1 heterocycles. The Kier molecular flexibility index (Phi) is 12.1. The number of hydrogen-bond donors (Lipinski definition) is 3. The molecular weight excluding hydrogens is 470 g/mol. The van der Waals surface area contributed by atoms with Crippen molar-refractivity contribution in [2.24, 2.45) is 11.1 Å². The van der Waals surface area contributed by atoms with Crippen molar-refractivity contribution in [3.8, 4) is 0 Å². The minimum absolute atomic E-state index is 0.00674. The van der Waals surface area contributed by atoms with Gasteiger partial charge >= 0.3 is 0 Å². The summed E-state index contributed by atoms with van der Waals surface area (Å²) >= 11 is 0. The summed E-state index contributed by atoms with van der Waals surface area (Å²) < 4.78 is 5.68. The van der Waals surface area contributed by atoms with E-state index in [1.165, 1.54) is 18.9 Å². The van der Waals surface area contributed by atoms with Crippen molar-refractivity contribution in [2.75, 3.05) is 25.0 Å². The molecule has 1 aromatic rings. The number of hydrogen-bond acceptors (Lipinski definition) is 7. The van der Waals surface area contributed by atoms with Crippen LogP contribution in [0.3, 0.4) is 0 Å². The summed E-state index contributed by atoms with van der Waals surface area (Å²) in [5, 5.41) is 25.4. The zero-order valence-electron chi connectivity index (χ0n) is 23.0. The molecule has 2 rings (SSSR count). The minimum Gasteiger partial charge on any atom is -0.513 e. The van der Waals surface area contributed by atoms with Gasteiger partial charge in [0.05, 0.1) is 35.3 Å². The van der Waals surface area contributed by atoms with Crippen molar-refractivity contribution < 1.29 is 19.7 Å². The van der Waals surface area contributed by atoms with Crippen LogP contribution in [0.2, 0.25) is 0 Å². The van der Waals surface area contributed by atoms with Crippen LogP contribution in [0.15, 0.2) is 47.5 Å². The van der Waals surface area contributed by atoms with Crippen molar-refractivity contribution in [3.63, 3.8) is 0 Å². The highest BCUT2D eigenvalue weighted by molar-refractivity contribution is 6.02. The molecule has 0 bridgehead atoms. The first-order chi connectivity index (χ1) is 17.6. The second-order valence-electron chi connectivity index (χ2n) is 10.6. The molecule has 0 spiro atoms. The molecule has 0 radical (unpaired) electrons. The lowest BCUT2D eigenvalue weighted by Crippen LogP contribution is -2.33. The van der Waals surface area contributed by atoms with E-state index in [4.69, 9.17) is 4.74 Å². The predicted molar refractivity (Wildman–Crippen MR) is 149 cm³/mol. The van der Waals surface area contributed by atoms with Crippen molar-refractivity contribution in [2.45, 2.75) is 90.8 Å². The second kappa shape index (κ2) is 14.8. The highest BCUT2D eigenvalue weighted by Crippen LogP contribution is 2.39. The number of ether oxygens (including phenoxy) is 1. The van der Waals surface area contributed by atoms with Crippen LogP contribution in [0.4, 0.5) is 11.4 Å². The van der Waals surface area contributed by atoms with E-state index in [9.17, 15) is 19.9 Å². The van der Waals surface area contributed by atoms with Crippen LogP contribution < -0.4 is 5.32 Å². The van der Waals surface area contributed by atoms with Crippen molar-refractivity contribution in [3.05, 3.63) is 52.8 Å². The molecule has 3 N–H and O–H groups in total. The van der Waals surface area contributed by atoms with E-state index in [0.717, 1.165) is 32.1 Å². The molecule has 37 heavy (non-hydrogen) atoms. The maximum absolute atomic E-state index is 13.5. The Hall–Kier alpha value is -2.87. The van der Waals surface area contributed by atoms with Gasteiger partial charge in [0.25, 0.3) is 5.91 Å². The van der Waals surface area contributed by atoms with E-state index in [1.54, 1.807) is 23.1 Å². The lowest BCUT2D eigenvalue weighted by molar-refractivity contribution is 0.0771. The Morgan fingerprint density at radius 1 is 1.24 bits per heavy atom. The molecule has 2 unspecified atom stereocenters. The van der Waals surface area contributed by atoms with Gasteiger partial charge in [0.15, 0.2) is 0 Å². The number of allylic oxidation sites excluding steroid dienone is 1. The molecule has 2 atom stereocenters. The van der Waals surface area contributed by atoms with Crippen LogP contribution in [0.25, 0.3) is 0 Å². The van der Waals surface area contributed by atoms with Gasteiger partial charge in [-0.2, -0.15) is 0 Å². The topological polar surface area (TPSA) is 115 Å². The number of nitrogens with zero attached hydrogens (tertiary/aromatic N) is 2. The highest BCUT2D eigenvalue weighted by atomic mass is 16.6. The minimum atomic E-state index is -0.268. The molecule has 8 nitrogen and oxygen atoms in total. The summed E-state index contributed by atoms with van der Waals surface area (Å²) in [4.78, 5) is 26.5. The molecule has 0 aromatic heterocycles. The fourth-order valence-electron chi connectivity index (χ4n) is 4.45. The van der Waals surface area contributed by atoms with E-state index >= 15 is 0 Å². The number of benzene rings is 1. The number of unbranched alkanes of at least 4 members (excludes halogenated alkanes) is 3. The van der Waals surface area contributed by atoms with E-state index in [0.29, 0.717) is 30.6 Å². The van der Waals surface area contributed by atoms with Gasteiger partial charge in [0.1, 0.15) is 11.4 Å². The van der Waals surface area contributed by atoms with Gasteiger partial charge in [-0.1, -0.05) is 52.2 Å². The standard InChI is InChI=1S/C29H45N3O5/c1-6-23(34)17-19-32(18-10-8-7-9-12-21(2)15-16-26-29(4,5)37-26)28(35)24-13-11-14-25(31-36)27(24)30-20-22(3)33/h11,13-14,17,21,26,30,33-34H,3,6-10,12,15-16,18-20H2,1-2,4-5H3/b23-17+. The Bertz CT molecular complexity index is 943. The average molecular weight is 516 g/mol. The fourth-order valence-corrected chi connectivity index (χ4v) is 4.45. The van der Waals surface area contributed by atoms with Crippen molar-refractivity contribution >= 4 is 17.3 Å². The van der Waals surface area contributed by atoms with Crippen LogP contribution in [0.5, 0.6) is 0 Å². The monoisotopic (exact) mass is 515 g/mol. The Morgan fingerprint density at radius 2 is 1.95 bits per heavy atom. The maximum atomic E-state index is 13.5. The molecule has 0 saturated carbocycles. The van der Waals surface area contributed by atoms with Gasteiger partial charge in [0, 0.05) is 19.5 Å². The van der Waals surface area contributed by atoms with Crippen LogP contribution in [-0.4, -0.2) is 52.4 Å². The lowest BCUT2D eigenvalue weighted by atomic mass is 9.95. The lowest BCUT2D eigenvalue weighted by Gasteiger charge is -2.23. The number of carbonyl (C=O) groups excluding carboxylic acids is 1. The molecule has 8 heteroatoms. The third-order valence-corrected chi connectivity index (χ3v) is 7.00. The molecule has 1 aliphatic heterocycles. The Morgan fingerprint density at radius 3 is 2.57 bits per heavy atom. The number of rotatable bonds is 18. The number of para-hydroxylation sites is 1. The number of anilines is 1. The van der Waals surface area contributed by atoms with Crippen LogP contribution in [0, 0.1) is 10.8 Å². The van der Waals surface area contributed by atoms with Crippen LogP contribution >= 0.6 is 0 Å². The number of aliphatic hydroxyl groups excluding tert-OH is 2. The first-order valence-corrected chi connectivity index (χ1v) is 13.5. The zero-order chi connectivity index (χ0) is 27.4. The molecule has 1 amide bonds. The van der Waals surface area contributed by atoms with Crippen LogP contribution in [0.1, 0.15) is 89.4 Å². The predicted octanol–water partition coefficient (Wildman–Crippen LogP) is 7.41. The highest BCUT2D eigenvalue weighted by Gasteiger charge is 2.46. The third kappa shape index (κ3) is 10.2. The molecule has 1 fully saturated rings. The first-order valence-electron chi connectivity index (χ1n) is 13.5. The fraction of sp³-hybridized carbons (Fsp3) is 0.621. The summed E-state index contributed by atoms with van der Waals surface area (Å²) in [6.07, 6.45) is 10.2. The SMILES string of the molecule is C=C(O)CNc1c(N=O)cccc1C(=O)N(C/C=C(/O)CC)CCCCCCC(C)CCC1OC1(C)C. The smallest absolute Gasteiger partial charge is 0.256 e. The van der Waals surface area contributed by atoms with Gasteiger partial charge < -0.3 is 25.2 Å². The van der Waals surface area contributed by atoms with Gasteiger partial charge in [-0.15, -0.1) is 4.91 Å². The summed E-state index contributed by atoms with van der Waals surface area (Å²) in [6.45, 7) is 12.7. The summed E-state index contributed by atoms with van der Waals surface area (Å²) in [5.74, 6) is 0.520. The average Bonchev–Trinajstić information content (AvgIpc) is 3.50. The first kappa shape index (κ1) is 30.4. The summed E-state index contributed by atoms with van der Waals surface area (Å²) in [6, 6.07) is 4.75. The molecule has 1 aromatic carbocycles. The van der Waals surface area contributed by atoms with E-state index in [2.05, 4.69) is 37.8 Å². The van der Waals surface area contributed by atoms with Gasteiger partial charge in [-0.05, 0) is 62.4 Å². The molecule has 1 aliphatic rings. The van der Waals surface area contributed by atoms with Crippen molar-refractivity contribution in [1.29, 1.82) is 0 Å². The number of nitroso groups, excluding NO2 is 1. The number of carbonyl (C=O) groups is 1. The maximum Gasteiger partial charge on any atom is 0.256 e. The Balaban J connectivity index is 1.92. The molecule has 1 saturated heterocycles. The van der Waals surface area contributed by atoms with Gasteiger partial charge in [-0.25, -0.2) is 0 Å². The largest absolute Gasteiger partial charge is 0.513 e. The number of aliphatic hydroxyl groups is 2. The molecular formula is C29H45N3O5. The Labute approximate surface area is 221 Å². The zero-order valence-corrected chi connectivity index (χ0v) is 23.0. The van der Waals surface area contributed by atoms with E-state index in [-0.39, 0.29) is 47.5 Å². The van der Waals surface area contributed by atoms with E-state index in [1.807, 2.05) is 6.92 Å². The number of nitrogens with one attached hydrogen (secondary N) is 1.